The van der Waals surface area contributed by atoms with E-state index in [9.17, 15) is 9.59 Å². The van der Waals surface area contributed by atoms with Crippen molar-refractivity contribution in [3.8, 4) is 22.6 Å². The van der Waals surface area contributed by atoms with Crippen molar-refractivity contribution in [1.29, 1.82) is 0 Å². The number of carbonyl (C=O) groups excluding carboxylic acids is 1. The zero-order valence-electron chi connectivity index (χ0n) is 19.6. The molecule has 4 rings (SSSR count). The molecule has 0 N–H and O–H groups in total. The van der Waals surface area contributed by atoms with Crippen LogP contribution >= 0.6 is 0 Å². The summed E-state index contributed by atoms with van der Waals surface area (Å²) in [6.07, 6.45) is 8.44. The Kier molecular flexibility index (Phi) is 6.70. The Balaban J connectivity index is 1.88. The van der Waals surface area contributed by atoms with Crippen molar-refractivity contribution in [3.63, 3.8) is 0 Å². The molecule has 33 heavy (non-hydrogen) atoms. The summed E-state index contributed by atoms with van der Waals surface area (Å²) >= 11 is 0. The lowest BCUT2D eigenvalue weighted by Crippen LogP contribution is -2.40. The first-order valence-electron chi connectivity index (χ1n) is 11.2. The first-order chi connectivity index (χ1) is 16.0. The van der Waals surface area contributed by atoms with Gasteiger partial charge in [-0.1, -0.05) is 23.8 Å². The molecule has 7 heteroatoms. The minimum atomic E-state index is -0.112. The number of ether oxygens (including phenoxy) is 3. The molecule has 0 unspecified atom stereocenters. The number of morpholine rings is 1. The van der Waals surface area contributed by atoms with Gasteiger partial charge in [-0.15, -0.1) is 0 Å². The SMILES string of the molecule is C/C=C/Cn1cc(-c2cc(OC)c(C(=O)N3CCOCC3)cc2OC)c2c(c1=O)CC(C)=C2. The summed E-state index contributed by atoms with van der Waals surface area (Å²) in [5.41, 5.74) is 4.95. The van der Waals surface area contributed by atoms with Crippen LogP contribution in [0.2, 0.25) is 0 Å². The summed E-state index contributed by atoms with van der Waals surface area (Å²) in [5, 5.41) is 0. The Morgan fingerprint density at radius 1 is 1.12 bits per heavy atom. The number of rotatable bonds is 6. The third-order valence-electron chi connectivity index (χ3n) is 6.14. The summed E-state index contributed by atoms with van der Waals surface area (Å²) in [4.78, 5) is 28.1. The molecule has 1 fully saturated rings. The second-order valence-corrected chi connectivity index (χ2v) is 8.29. The number of hydrogen-bond donors (Lipinski definition) is 0. The maximum atomic E-state index is 13.2. The second-order valence-electron chi connectivity index (χ2n) is 8.29. The van der Waals surface area contributed by atoms with Crippen molar-refractivity contribution >= 4 is 12.0 Å². The van der Waals surface area contributed by atoms with Gasteiger partial charge < -0.3 is 23.7 Å². The Morgan fingerprint density at radius 3 is 2.52 bits per heavy atom. The van der Waals surface area contributed by atoms with Gasteiger partial charge in [-0.3, -0.25) is 9.59 Å². The van der Waals surface area contributed by atoms with Crippen molar-refractivity contribution in [2.45, 2.75) is 26.8 Å². The normalized spacial score (nSPS) is 15.5. The molecule has 1 aliphatic heterocycles. The average Bonchev–Trinajstić information content (AvgIpc) is 3.25. The predicted octanol–water partition coefficient (Wildman–Crippen LogP) is 3.54. The van der Waals surface area contributed by atoms with Crippen LogP contribution in [0, 0.1) is 0 Å². The molecular formula is C26H30N2O5. The minimum absolute atomic E-state index is 0.0185. The standard InChI is InChI=1S/C26H30N2O5/c1-5-6-7-28-16-22(18-12-17(2)13-20(18)25(28)29)19-14-24(32-4)21(15-23(19)31-3)26(30)27-8-10-33-11-9-27/h5-6,12,14-16H,7-11,13H2,1-4H3/b6-5+. The molecule has 1 aromatic carbocycles. The second kappa shape index (κ2) is 9.67. The van der Waals surface area contributed by atoms with Gasteiger partial charge in [-0.05, 0) is 38.0 Å². The Morgan fingerprint density at radius 2 is 1.85 bits per heavy atom. The van der Waals surface area contributed by atoms with E-state index in [1.807, 2.05) is 38.3 Å². The lowest BCUT2D eigenvalue weighted by atomic mass is 9.96. The van der Waals surface area contributed by atoms with Gasteiger partial charge in [-0.25, -0.2) is 0 Å². The van der Waals surface area contributed by atoms with Crippen LogP contribution in [-0.2, 0) is 17.7 Å². The predicted molar refractivity (Wildman–Crippen MR) is 128 cm³/mol. The quantitative estimate of drug-likeness (QED) is 0.630. The monoisotopic (exact) mass is 450 g/mol. The molecule has 0 bridgehead atoms. The number of benzene rings is 1. The molecule has 1 amide bonds. The Bertz CT molecular complexity index is 1190. The molecule has 7 nitrogen and oxygen atoms in total. The zero-order chi connectivity index (χ0) is 23.5. The van der Waals surface area contributed by atoms with Gasteiger partial charge in [0, 0.05) is 42.5 Å². The van der Waals surface area contributed by atoms with Crippen LogP contribution in [0.15, 0.2) is 40.8 Å². The van der Waals surface area contributed by atoms with Crippen LogP contribution in [0.4, 0.5) is 0 Å². The summed E-state index contributed by atoms with van der Waals surface area (Å²) in [7, 11) is 3.15. The van der Waals surface area contributed by atoms with Crippen LogP contribution in [-0.4, -0.2) is 55.9 Å². The Labute approximate surface area is 193 Å². The van der Waals surface area contributed by atoms with Gasteiger partial charge in [-0.2, -0.15) is 0 Å². The molecule has 1 aliphatic carbocycles. The van der Waals surface area contributed by atoms with Crippen LogP contribution in [0.25, 0.3) is 17.2 Å². The van der Waals surface area contributed by atoms with E-state index in [0.29, 0.717) is 56.3 Å². The number of fused-ring (bicyclic) bond motifs is 1. The molecule has 0 radical (unpaired) electrons. The number of hydrogen-bond acceptors (Lipinski definition) is 5. The smallest absolute Gasteiger partial charge is 0.257 e. The summed E-state index contributed by atoms with van der Waals surface area (Å²) in [6.45, 7) is 6.58. The number of amides is 1. The van der Waals surface area contributed by atoms with E-state index in [2.05, 4.69) is 6.08 Å². The fourth-order valence-electron chi connectivity index (χ4n) is 4.43. The van der Waals surface area contributed by atoms with Crippen molar-refractivity contribution in [2.75, 3.05) is 40.5 Å². The van der Waals surface area contributed by atoms with Gasteiger partial charge in [0.2, 0.25) is 0 Å². The highest BCUT2D eigenvalue weighted by Crippen LogP contribution is 2.40. The molecule has 1 saturated heterocycles. The number of nitrogens with zero attached hydrogens (tertiary/aromatic N) is 2. The molecule has 0 saturated carbocycles. The highest BCUT2D eigenvalue weighted by molar-refractivity contribution is 5.99. The van der Waals surface area contributed by atoms with Crippen LogP contribution < -0.4 is 15.0 Å². The van der Waals surface area contributed by atoms with Crippen molar-refractivity contribution in [1.82, 2.24) is 9.47 Å². The molecule has 2 aliphatic rings. The number of pyridine rings is 1. The molecule has 1 aromatic heterocycles. The highest BCUT2D eigenvalue weighted by atomic mass is 16.5. The average molecular weight is 451 g/mol. The zero-order valence-corrected chi connectivity index (χ0v) is 19.6. The molecule has 0 atom stereocenters. The van der Waals surface area contributed by atoms with Crippen molar-refractivity contribution in [3.05, 3.63) is 63.1 Å². The number of allylic oxidation sites excluding steroid dienone is 3. The molecule has 2 heterocycles. The van der Waals surface area contributed by atoms with E-state index >= 15 is 0 Å². The lowest BCUT2D eigenvalue weighted by Gasteiger charge is -2.28. The highest BCUT2D eigenvalue weighted by Gasteiger charge is 2.27. The van der Waals surface area contributed by atoms with Crippen LogP contribution in [0.1, 0.15) is 35.3 Å². The van der Waals surface area contributed by atoms with E-state index in [1.54, 1.807) is 29.8 Å². The third-order valence-corrected chi connectivity index (χ3v) is 6.14. The van der Waals surface area contributed by atoms with Crippen LogP contribution in [0.5, 0.6) is 11.5 Å². The summed E-state index contributed by atoms with van der Waals surface area (Å²) in [6, 6.07) is 3.58. The van der Waals surface area contributed by atoms with Gasteiger partial charge in [0.1, 0.15) is 11.5 Å². The lowest BCUT2D eigenvalue weighted by molar-refractivity contribution is 0.0300. The summed E-state index contributed by atoms with van der Waals surface area (Å²) < 4.78 is 18.5. The van der Waals surface area contributed by atoms with Crippen LogP contribution in [0.3, 0.4) is 0 Å². The van der Waals surface area contributed by atoms with Crippen molar-refractivity contribution < 1.29 is 19.0 Å². The molecule has 2 aromatic rings. The topological polar surface area (TPSA) is 70.0 Å². The van der Waals surface area contributed by atoms with E-state index in [4.69, 9.17) is 14.2 Å². The first kappa shape index (κ1) is 22.9. The van der Waals surface area contributed by atoms with Gasteiger partial charge in [0.25, 0.3) is 11.5 Å². The molecule has 0 spiro atoms. The van der Waals surface area contributed by atoms with Crippen molar-refractivity contribution in [2.24, 2.45) is 0 Å². The molecular weight excluding hydrogens is 420 g/mol. The van der Waals surface area contributed by atoms with E-state index in [-0.39, 0.29) is 11.5 Å². The minimum Gasteiger partial charge on any atom is -0.496 e. The fourth-order valence-corrected chi connectivity index (χ4v) is 4.43. The van der Waals surface area contributed by atoms with E-state index < -0.39 is 0 Å². The van der Waals surface area contributed by atoms with E-state index in [0.717, 1.165) is 27.8 Å². The maximum absolute atomic E-state index is 13.2. The maximum Gasteiger partial charge on any atom is 0.257 e. The summed E-state index contributed by atoms with van der Waals surface area (Å²) in [5.74, 6) is 0.920. The fraction of sp³-hybridized carbons (Fsp3) is 0.385. The van der Waals surface area contributed by atoms with Gasteiger partial charge in [0.05, 0.1) is 33.0 Å². The number of methoxy groups -OCH3 is 2. The van der Waals surface area contributed by atoms with Gasteiger partial charge in [0.15, 0.2) is 0 Å². The third kappa shape index (κ3) is 4.33. The largest absolute Gasteiger partial charge is 0.496 e. The first-order valence-corrected chi connectivity index (χ1v) is 11.2. The van der Waals surface area contributed by atoms with Gasteiger partial charge >= 0.3 is 0 Å². The Hall–Kier alpha value is -3.32. The van der Waals surface area contributed by atoms with E-state index in [1.165, 1.54) is 0 Å². The molecule has 174 valence electrons. The number of aromatic nitrogens is 1. The number of carbonyl (C=O) groups is 1.